The summed E-state index contributed by atoms with van der Waals surface area (Å²) >= 11 is 0. The van der Waals surface area contributed by atoms with Gasteiger partial charge in [0.2, 0.25) is 5.91 Å². The Morgan fingerprint density at radius 2 is 2.21 bits per heavy atom. The van der Waals surface area contributed by atoms with Crippen LogP contribution in [0.4, 0.5) is 0 Å². The molecule has 1 aliphatic heterocycles. The Hall–Kier alpha value is -1.32. The van der Waals surface area contributed by atoms with E-state index in [4.69, 9.17) is 0 Å². The van der Waals surface area contributed by atoms with Crippen LogP contribution in [0.5, 0.6) is 0 Å². The second-order valence-corrected chi connectivity index (χ2v) is 6.14. The maximum absolute atomic E-state index is 12.4. The molecule has 1 aliphatic carbocycles. The summed E-state index contributed by atoms with van der Waals surface area (Å²) in [5.41, 5.74) is 1.20. The molecule has 0 saturated heterocycles. The number of hydrogen-bond donors (Lipinski definition) is 1. The van der Waals surface area contributed by atoms with Crippen molar-refractivity contribution in [3.63, 3.8) is 0 Å². The highest BCUT2D eigenvalue weighted by Gasteiger charge is 2.28. The Balaban J connectivity index is 1.59. The SMILES string of the molecule is CC1CCCCC1NC(=O)C1CCn2cncc2C1. The average Bonchev–Trinajstić information content (AvgIpc) is 2.88. The number of nitrogens with one attached hydrogen (secondary N) is 1. The summed E-state index contributed by atoms with van der Waals surface area (Å²) in [6.07, 6.45) is 10.5. The number of rotatable bonds is 2. The molecule has 0 aromatic carbocycles. The number of carbonyl (C=O) groups excluding carboxylic acids is 1. The third kappa shape index (κ3) is 2.67. The van der Waals surface area contributed by atoms with Crippen LogP contribution in [0.15, 0.2) is 12.5 Å². The van der Waals surface area contributed by atoms with E-state index in [2.05, 4.69) is 21.8 Å². The number of fused-ring (bicyclic) bond motifs is 1. The van der Waals surface area contributed by atoms with Gasteiger partial charge in [-0.2, -0.15) is 0 Å². The van der Waals surface area contributed by atoms with Crippen LogP contribution in [-0.2, 0) is 17.8 Å². The van der Waals surface area contributed by atoms with Crippen LogP contribution in [-0.4, -0.2) is 21.5 Å². The molecule has 3 unspecified atom stereocenters. The van der Waals surface area contributed by atoms with Gasteiger partial charge in [-0.1, -0.05) is 19.8 Å². The fourth-order valence-corrected chi connectivity index (χ4v) is 3.42. The smallest absolute Gasteiger partial charge is 0.223 e. The van der Waals surface area contributed by atoms with Crippen molar-refractivity contribution in [3.05, 3.63) is 18.2 Å². The minimum atomic E-state index is 0.137. The maximum atomic E-state index is 12.4. The molecule has 104 valence electrons. The predicted molar refractivity (Wildman–Crippen MR) is 73.6 cm³/mol. The number of nitrogens with zero attached hydrogens (tertiary/aromatic N) is 2. The lowest BCUT2D eigenvalue weighted by molar-refractivity contribution is -0.126. The standard InChI is InChI=1S/C15H23N3O/c1-11-4-2-3-5-14(11)17-15(19)12-6-7-18-10-16-9-13(18)8-12/h9-12,14H,2-8H2,1H3,(H,17,19). The van der Waals surface area contributed by atoms with Crippen molar-refractivity contribution in [2.24, 2.45) is 11.8 Å². The third-order valence-electron chi connectivity index (χ3n) is 4.78. The number of amides is 1. The number of aryl methyl sites for hydroxylation is 1. The van der Waals surface area contributed by atoms with Gasteiger partial charge < -0.3 is 9.88 Å². The van der Waals surface area contributed by atoms with Gasteiger partial charge in [-0.15, -0.1) is 0 Å². The van der Waals surface area contributed by atoms with E-state index >= 15 is 0 Å². The largest absolute Gasteiger partial charge is 0.353 e. The zero-order chi connectivity index (χ0) is 13.2. The predicted octanol–water partition coefficient (Wildman–Crippen LogP) is 2.14. The quantitative estimate of drug-likeness (QED) is 0.886. The van der Waals surface area contributed by atoms with Crippen molar-refractivity contribution in [1.29, 1.82) is 0 Å². The van der Waals surface area contributed by atoms with Gasteiger partial charge in [0.1, 0.15) is 0 Å². The average molecular weight is 261 g/mol. The lowest BCUT2D eigenvalue weighted by Gasteiger charge is -2.32. The molecule has 4 heteroatoms. The van der Waals surface area contributed by atoms with Crippen molar-refractivity contribution >= 4 is 5.91 Å². The summed E-state index contributed by atoms with van der Waals surface area (Å²) in [6, 6.07) is 0.396. The van der Waals surface area contributed by atoms with Gasteiger partial charge in [-0.3, -0.25) is 4.79 Å². The summed E-state index contributed by atoms with van der Waals surface area (Å²) in [4.78, 5) is 16.6. The van der Waals surface area contributed by atoms with E-state index in [-0.39, 0.29) is 11.8 Å². The van der Waals surface area contributed by atoms with Crippen LogP contribution >= 0.6 is 0 Å². The van der Waals surface area contributed by atoms with Crippen molar-refractivity contribution in [3.8, 4) is 0 Å². The normalized spacial score (nSPS) is 30.7. The summed E-state index contributed by atoms with van der Waals surface area (Å²) in [5.74, 6) is 1.02. The molecular formula is C15H23N3O. The molecule has 1 aromatic heterocycles. The maximum Gasteiger partial charge on any atom is 0.223 e. The minimum absolute atomic E-state index is 0.137. The summed E-state index contributed by atoms with van der Waals surface area (Å²) in [7, 11) is 0. The van der Waals surface area contributed by atoms with Crippen LogP contribution < -0.4 is 5.32 Å². The zero-order valence-corrected chi connectivity index (χ0v) is 11.6. The van der Waals surface area contributed by atoms with E-state index in [9.17, 15) is 4.79 Å². The van der Waals surface area contributed by atoms with Crippen LogP contribution in [0.3, 0.4) is 0 Å². The van der Waals surface area contributed by atoms with Gasteiger partial charge in [0.05, 0.1) is 6.33 Å². The second-order valence-electron chi connectivity index (χ2n) is 6.14. The summed E-state index contributed by atoms with van der Waals surface area (Å²) in [6.45, 7) is 3.19. The first kappa shape index (κ1) is 12.7. The fourth-order valence-electron chi connectivity index (χ4n) is 3.42. The van der Waals surface area contributed by atoms with Crippen molar-refractivity contribution in [2.45, 2.75) is 58.0 Å². The van der Waals surface area contributed by atoms with Gasteiger partial charge in [0.15, 0.2) is 0 Å². The van der Waals surface area contributed by atoms with Crippen molar-refractivity contribution in [2.75, 3.05) is 0 Å². The van der Waals surface area contributed by atoms with Gasteiger partial charge in [0.25, 0.3) is 0 Å². The van der Waals surface area contributed by atoms with Crippen molar-refractivity contribution in [1.82, 2.24) is 14.9 Å². The van der Waals surface area contributed by atoms with Gasteiger partial charge in [-0.25, -0.2) is 4.98 Å². The van der Waals surface area contributed by atoms with Crippen LogP contribution in [0.1, 0.15) is 44.7 Å². The van der Waals surface area contributed by atoms with Gasteiger partial charge >= 0.3 is 0 Å². The highest BCUT2D eigenvalue weighted by atomic mass is 16.1. The Labute approximate surface area is 114 Å². The molecule has 19 heavy (non-hydrogen) atoms. The highest BCUT2D eigenvalue weighted by molar-refractivity contribution is 5.79. The Morgan fingerprint density at radius 1 is 1.37 bits per heavy atom. The van der Waals surface area contributed by atoms with Gasteiger partial charge in [-0.05, 0) is 25.2 Å². The van der Waals surface area contributed by atoms with E-state index in [1.165, 1.54) is 25.0 Å². The fraction of sp³-hybridized carbons (Fsp3) is 0.733. The lowest BCUT2D eigenvalue weighted by atomic mass is 9.85. The van der Waals surface area contributed by atoms with Gasteiger partial charge in [0, 0.05) is 36.8 Å². The molecule has 4 nitrogen and oxygen atoms in total. The molecule has 2 heterocycles. The highest BCUT2D eigenvalue weighted by Crippen LogP contribution is 2.25. The zero-order valence-electron chi connectivity index (χ0n) is 11.6. The molecule has 3 atom stereocenters. The number of carbonyl (C=O) groups is 1. The molecule has 1 N–H and O–H groups in total. The molecular weight excluding hydrogens is 238 g/mol. The van der Waals surface area contributed by atoms with Crippen LogP contribution in [0.2, 0.25) is 0 Å². The van der Waals surface area contributed by atoms with Crippen molar-refractivity contribution < 1.29 is 4.79 Å². The molecule has 0 bridgehead atoms. The van der Waals surface area contributed by atoms with E-state index in [1.807, 2.05) is 12.5 Å². The monoisotopic (exact) mass is 261 g/mol. The second kappa shape index (κ2) is 5.35. The number of imidazole rings is 1. The first-order valence-electron chi connectivity index (χ1n) is 7.53. The molecule has 2 aliphatic rings. The Morgan fingerprint density at radius 3 is 3.05 bits per heavy atom. The lowest BCUT2D eigenvalue weighted by Crippen LogP contribution is -2.45. The first-order valence-corrected chi connectivity index (χ1v) is 7.53. The topological polar surface area (TPSA) is 46.9 Å². The third-order valence-corrected chi connectivity index (χ3v) is 4.78. The molecule has 1 saturated carbocycles. The first-order chi connectivity index (χ1) is 9.24. The molecule has 0 radical (unpaired) electrons. The van der Waals surface area contributed by atoms with E-state index in [1.54, 1.807) is 0 Å². The number of hydrogen-bond acceptors (Lipinski definition) is 2. The molecule has 1 aromatic rings. The summed E-state index contributed by atoms with van der Waals surface area (Å²) < 4.78 is 2.16. The van der Waals surface area contributed by atoms with E-state index in [0.717, 1.165) is 25.8 Å². The Kier molecular flexibility index (Phi) is 3.58. The molecule has 1 amide bonds. The molecule has 0 spiro atoms. The van der Waals surface area contributed by atoms with E-state index < -0.39 is 0 Å². The van der Waals surface area contributed by atoms with E-state index in [0.29, 0.717) is 12.0 Å². The van der Waals surface area contributed by atoms with Crippen LogP contribution in [0, 0.1) is 11.8 Å². The van der Waals surface area contributed by atoms with Crippen LogP contribution in [0.25, 0.3) is 0 Å². The molecule has 1 fully saturated rings. The Bertz CT molecular complexity index is 454. The minimum Gasteiger partial charge on any atom is -0.353 e. The molecule has 3 rings (SSSR count). The summed E-state index contributed by atoms with van der Waals surface area (Å²) in [5, 5.41) is 3.29. The number of aromatic nitrogens is 2.